The normalized spacial score (nSPS) is 10.9. The molecule has 0 radical (unpaired) electrons. The fourth-order valence-electron chi connectivity index (χ4n) is 6.26. The summed E-state index contributed by atoms with van der Waals surface area (Å²) >= 11 is 12.0. The molecule has 0 saturated heterocycles. The number of carboxylic acids is 2. The van der Waals surface area contributed by atoms with Gasteiger partial charge in [0.05, 0.1) is 65.2 Å². The zero-order valence-electron chi connectivity index (χ0n) is 37.6. The third-order valence-corrected chi connectivity index (χ3v) is 12.8. The molecule has 0 heterocycles. The van der Waals surface area contributed by atoms with Crippen molar-refractivity contribution in [3.8, 4) is 34.5 Å². The number of benzene rings is 6. The van der Waals surface area contributed by atoms with E-state index in [0.717, 1.165) is 0 Å². The van der Waals surface area contributed by atoms with Gasteiger partial charge in [0, 0.05) is 32.5 Å². The van der Waals surface area contributed by atoms with Gasteiger partial charge in [-0.05, 0) is 109 Å². The van der Waals surface area contributed by atoms with Crippen LogP contribution in [0.3, 0.4) is 0 Å². The van der Waals surface area contributed by atoms with Gasteiger partial charge in [-0.1, -0.05) is 23.2 Å². The number of hydrogen-bond acceptors (Lipinski definition) is 14. The first-order valence-electron chi connectivity index (χ1n) is 19.7. The molecule has 0 bridgehead atoms. The molecule has 6 aromatic rings. The second-order valence-electron chi connectivity index (χ2n) is 14.0. The topological polar surface area (TPSA) is 281 Å². The first kappa shape index (κ1) is 53.0. The summed E-state index contributed by atoms with van der Waals surface area (Å²) in [7, 11) is -0.518. The highest BCUT2D eigenvalue weighted by Gasteiger charge is 2.27. The number of amides is 2. The molecule has 0 atom stereocenters. The molecule has 0 aromatic heterocycles. The van der Waals surface area contributed by atoms with Crippen LogP contribution in [0, 0.1) is 0 Å². The highest BCUT2D eigenvalue weighted by atomic mass is 35.5. The van der Waals surface area contributed by atoms with Crippen LogP contribution >= 0.6 is 23.2 Å². The maximum absolute atomic E-state index is 13.2. The lowest BCUT2D eigenvalue weighted by molar-refractivity contribution is 0.0686. The molecule has 70 heavy (non-hydrogen) atoms. The van der Waals surface area contributed by atoms with E-state index in [-0.39, 0.29) is 88.0 Å². The van der Waals surface area contributed by atoms with Crippen LogP contribution in [-0.2, 0) is 20.0 Å². The fourth-order valence-corrected chi connectivity index (χ4v) is 9.23. The number of rotatable bonds is 18. The lowest BCUT2D eigenvalue weighted by atomic mass is 10.1. The lowest BCUT2D eigenvalue weighted by Crippen LogP contribution is -2.17. The molecule has 6 rings (SSSR count). The first-order chi connectivity index (χ1) is 33.2. The minimum Gasteiger partial charge on any atom is -0.495 e. The smallest absolute Gasteiger partial charge is 0.335 e. The Bertz CT molecular complexity index is 2960. The number of carbonyl (C=O) groups is 4. The predicted molar refractivity (Wildman–Crippen MR) is 259 cm³/mol. The largest absolute Gasteiger partial charge is 0.495 e. The third-order valence-electron chi connectivity index (χ3n) is 9.58. The Labute approximate surface area is 411 Å². The standard InChI is InChI=1S/2C23H21ClN2O8S/c2*1-32-18-9-6-15(24)12-20(18)35(30,31)26-17-10-14(11-19(33-2)21(17)34-3)22(27)25-16-7-4-13(5-8-16)23(28)29/h2*4-12,26H,1-3H3,(H,25,27)(H,28,29). The SMILES string of the molecule is COc1ccc(Cl)cc1S(=O)(=O)Nc1cc(C(=O)Nc2ccc(C(=O)O)cc2)cc(OC)c1OC.COc1ccc(Cl)cc1S(=O)(=O)Nc1cc(C(=O)Nc2ccc(C(=O)O)cc2)cc(OC)c1OC. The molecule has 0 unspecified atom stereocenters. The minimum absolute atomic E-state index is 0.0411. The molecule has 0 aliphatic heterocycles. The molecule has 368 valence electrons. The van der Waals surface area contributed by atoms with Crippen molar-refractivity contribution >= 4 is 89.8 Å². The third kappa shape index (κ3) is 12.8. The monoisotopic (exact) mass is 1040 g/mol. The van der Waals surface area contributed by atoms with Crippen LogP contribution in [0.1, 0.15) is 41.4 Å². The number of sulfonamides is 2. The summed E-state index contributed by atoms with van der Waals surface area (Å²) in [6.45, 7) is 0. The highest BCUT2D eigenvalue weighted by molar-refractivity contribution is 7.93. The summed E-state index contributed by atoms with van der Waals surface area (Å²) in [5.41, 5.74) is 0.729. The van der Waals surface area contributed by atoms with Crippen molar-refractivity contribution < 1.29 is 74.6 Å². The van der Waals surface area contributed by atoms with Crippen molar-refractivity contribution in [1.29, 1.82) is 0 Å². The van der Waals surface area contributed by atoms with Crippen LogP contribution in [-0.4, -0.2) is 93.5 Å². The quantitative estimate of drug-likeness (QED) is 0.0473. The molecular formula is C46H42Cl2N4O16S2. The van der Waals surface area contributed by atoms with Crippen LogP contribution in [0.25, 0.3) is 0 Å². The number of anilines is 4. The molecule has 2 amide bonds. The van der Waals surface area contributed by atoms with Crippen molar-refractivity contribution in [2.75, 3.05) is 62.7 Å². The molecular weight excluding hydrogens is 1000 g/mol. The zero-order chi connectivity index (χ0) is 51.5. The number of halogens is 2. The van der Waals surface area contributed by atoms with Crippen molar-refractivity contribution in [3.63, 3.8) is 0 Å². The molecule has 0 aliphatic carbocycles. The van der Waals surface area contributed by atoms with Crippen molar-refractivity contribution in [1.82, 2.24) is 0 Å². The van der Waals surface area contributed by atoms with E-state index in [1.807, 2.05) is 0 Å². The van der Waals surface area contributed by atoms with Crippen LogP contribution in [0.4, 0.5) is 22.7 Å². The number of aromatic carboxylic acids is 2. The van der Waals surface area contributed by atoms with Gasteiger partial charge >= 0.3 is 11.9 Å². The fraction of sp³-hybridized carbons (Fsp3) is 0.130. The molecule has 6 aromatic carbocycles. The van der Waals surface area contributed by atoms with Gasteiger partial charge < -0.3 is 49.3 Å². The Balaban J connectivity index is 0.000000261. The Morgan fingerprint density at radius 1 is 0.429 bits per heavy atom. The van der Waals surface area contributed by atoms with Gasteiger partial charge in [0.2, 0.25) is 0 Å². The number of ether oxygens (including phenoxy) is 6. The van der Waals surface area contributed by atoms with E-state index in [2.05, 4.69) is 20.1 Å². The van der Waals surface area contributed by atoms with Gasteiger partial charge in [0.15, 0.2) is 23.0 Å². The van der Waals surface area contributed by atoms with Gasteiger partial charge in [-0.25, -0.2) is 26.4 Å². The van der Waals surface area contributed by atoms with Crippen molar-refractivity contribution in [3.05, 3.63) is 141 Å². The molecule has 6 N–H and O–H groups in total. The van der Waals surface area contributed by atoms with E-state index in [1.165, 1.54) is 152 Å². The second kappa shape index (κ2) is 22.9. The van der Waals surface area contributed by atoms with E-state index in [4.69, 9.17) is 61.8 Å². The van der Waals surface area contributed by atoms with E-state index in [9.17, 15) is 36.0 Å². The maximum atomic E-state index is 13.2. The van der Waals surface area contributed by atoms with E-state index >= 15 is 0 Å². The number of nitrogens with one attached hydrogen (secondary N) is 4. The Hall–Kier alpha value is -7.92. The van der Waals surface area contributed by atoms with Gasteiger partial charge in [0.1, 0.15) is 21.3 Å². The van der Waals surface area contributed by atoms with Crippen LogP contribution in [0.5, 0.6) is 34.5 Å². The zero-order valence-corrected chi connectivity index (χ0v) is 40.7. The van der Waals surface area contributed by atoms with Gasteiger partial charge in [-0.3, -0.25) is 19.0 Å². The summed E-state index contributed by atoms with van der Waals surface area (Å²) in [4.78, 5) is 47.4. The Morgan fingerprint density at radius 3 is 1.04 bits per heavy atom. The van der Waals surface area contributed by atoms with E-state index in [0.29, 0.717) is 11.4 Å². The number of hydrogen-bond donors (Lipinski definition) is 6. The lowest BCUT2D eigenvalue weighted by Gasteiger charge is -2.17. The van der Waals surface area contributed by atoms with E-state index < -0.39 is 43.8 Å². The molecule has 0 fully saturated rings. The first-order valence-corrected chi connectivity index (χ1v) is 23.4. The Kier molecular flexibility index (Phi) is 17.4. The highest BCUT2D eigenvalue weighted by Crippen LogP contribution is 2.41. The van der Waals surface area contributed by atoms with Gasteiger partial charge in [-0.2, -0.15) is 0 Å². The number of carbonyl (C=O) groups excluding carboxylic acids is 2. The van der Waals surface area contributed by atoms with Crippen LogP contribution in [0.2, 0.25) is 10.0 Å². The molecule has 24 heteroatoms. The predicted octanol–water partition coefficient (Wildman–Crippen LogP) is 8.23. The molecule has 0 aliphatic rings. The summed E-state index contributed by atoms with van der Waals surface area (Å²) in [5, 5.41) is 23.6. The average Bonchev–Trinajstić information content (AvgIpc) is 3.33. The molecule has 20 nitrogen and oxygen atoms in total. The average molecular weight is 1040 g/mol. The maximum Gasteiger partial charge on any atom is 0.335 e. The second-order valence-corrected chi connectivity index (χ2v) is 18.2. The van der Waals surface area contributed by atoms with Crippen molar-refractivity contribution in [2.24, 2.45) is 0 Å². The van der Waals surface area contributed by atoms with Crippen LogP contribution < -0.4 is 48.5 Å². The molecule has 0 spiro atoms. The summed E-state index contributed by atoms with van der Waals surface area (Å²) in [5.74, 6) is -3.01. The van der Waals surface area contributed by atoms with Gasteiger partial charge in [-0.15, -0.1) is 0 Å². The van der Waals surface area contributed by atoms with Crippen molar-refractivity contribution in [2.45, 2.75) is 9.79 Å². The van der Waals surface area contributed by atoms with E-state index in [1.54, 1.807) is 0 Å². The Morgan fingerprint density at radius 2 is 0.757 bits per heavy atom. The molecule has 0 saturated carbocycles. The summed E-state index contributed by atoms with van der Waals surface area (Å²) < 4.78 is 89.0. The minimum atomic E-state index is -4.23. The summed E-state index contributed by atoms with van der Waals surface area (Å²) in [6, 6.07) is 24.6. The number of carboxylic acid groups (broad SMARTS) is 2. The van der Waals surface area contributed by atoms with Gasteiger partial charge in [0.25, 0.3) is 31.9 Å². The van der Waals surface area contributed by atoms with Crippen LogP contribution in [0.15, 0.2) is 119 Å². The number of methoxy groups -OCH3 is 6. The summed E-state index contributed by atoms with van der Waals surface area (Å²) in [6.07, 6.45) is 0.